The second-order valence-corrected chi connectivity index (χ2v) is 6.56. The monoisotopic (exact) mass is 366 g/mol. The van der Waals surface area contributed by atoms with Gasteiger partial charge in [-0.05, 0) is 12.1 Å². The molecule has 0 saturated carbocycles. The smallest absolute Gasteiger partial charge is 0.325 e. The molecule has 0 atom stereocenters. The van der Waals surface area contributed by atoms with E-state index in [1.807, 2.05) is 0 Å². The number of hydrogen-bond donors (Lipinski definition) is 0. The summed E-state index contributed by atoms with van der Waals surface area (Å²) in [6.07, 6.45) is 1.44. The molecule has 0 fully saturated rings. The molecule has 0 aliphatic heterocycles. The number of nitrogens with zero attached hydrogens (tertiary/aromatic N) is 2. The lowest BCUT2D eigenvalue weighted by molar-refractivity contribution is -0.380. The molecule has 0 spiro atoms. The van der Waals surface area contributed by atoms with Gasteiger partial charge in [0.2, 0.25) is 11.6 Å². The number of pyridine rings is 1. The van der Waals surface area contributed by atoms with Gasteiger partial charge in [-0.1, -0.05) is 29.5 Å². The Morgan fingerprint density at radius 3 is 2.58 bits per heavy atom. The number of ketones is 2. The lowest BCUT2D eigenvalue weighted by atomic mass is 9.87. The van der Waals surface area contributed by atoms with Crippen LogP contribution in [-0.4, -0.2) is 28.6 Å². The van der Waals surface area contributed by atoms with Gasteiger partial charge >= 0.3 is 5.00 Å². The minimum absolute atomic E-state index is 0.00129. The Morgan fingerprint density at radius 2 is 1.85 bits per heavy atom. The van der Waals surface area contributed by atoms with Gasteiger partial charge in [-0.15, -0.1) is 0 Å². The Morgan fingerprint density at radius 1 is 1.08 bits per heavy atom. The van der Waals surface area contributed by atoms with Gasteiger partial charge < -0.3 is 4.74 Å². The largest absolute Gasteiger partial charge is 0.496 e. The molecule has 3 aromatic rings. The third kappa shape index (κ3) is 2.23. The minimum Gasteiger partial charge on any atom is -0.496 e. The average molecular weight is 366 g/mol. The zero-order valence-electron chi connectivity index (χ0n) is 13.4. The van der Waals surface area contributed by atoms with Crippen LogP contribution in [-0.2, 0) is 0 Å². The van der Waals surface area contributed by atoms with Gasteiger partial charge in [-0.25, -0.2) is 0 Å². The van der Waals surface area contributed by atoms with Crippen LogP contribution in [0.15, 0.2) is 42.6 Å². The highest BCUT2D eigenvalue weighted by atomic mass is 32.1. The lowest BCUT2D eigenvalue weighted by Gasteiger charge is -2.17. The molecule has 2 aromatic heterocycles. The molecule has 8 heteroatoms. The standard InChI is InChI=1S/C18H10N2O5S/c1-25-12-5-3-2-4-9(12)10-6-7-19-15-14(10)17(22)18-11(16(15)21)8-13(26-18)20(23)24/h2-8H,1H3. The van der Waals surface area contributed by atoms with E-state index in [1.165, 1.54) is 13.3 Å². The van der Waals surface area contributed by atoms with Crippen molar-refractivity contribution in [1.29, 1.82) is 0 Å². The lowest BCUT2D eigenvalue weighted by Crippen LogP contribution is -2.21. The fourth-order valence-electron chi connectivity index (χ4n) is 3.00. The van der Waals surface area contributed by atoms with Crippen LogP contribution in [0.2, 0.25) is 0 Å². The van der Waals surface area contributed by atoms with Crippen LogP contribution in [0, 0.1) is 10.1 Å². The van der Waals surface area contributed by atoms with Gasteiger partial charge in [0.15, 0.2) is 0 Å². The molecular formula is C18H10N2O5S. The number of benzene rings is 1. The van der Waals surface area contributed by atoms with Crippen molar-refractivity contribution >= 4 is 27.9 Å². The van der Waals surface area contributed by atoms with Crippen molar-refractivity contribution in [3.8, 4) is 16.9 Å². The van der Waals surface area contributed by atoms with Crippen molar-refractivity contribution in [2.45, 2.75) is 0 Å². The molecule has 0 bridgehead atoms. The van der Waals surface area contributed by atoms with E-state index in [0.717, 1.165) is 6.07 Å². The van der Waals surface area contributed by atoms with Crippen LogP contribution in [0.5, 0.6) is 5.75 Å². The summed E-state index contributed by atoms with van der Waals surface area (Å²) in [6, 6.07) is 9.89. The van der Waals surface area contributed by atoms with Gasteiger partial charge in [0.1, 0.15) is 11.4 Å². The van der Waals surface area contributed by atoms with E-state index in [9.17, 15) is 19.7 Å². The van der Waals surface area contributed by atoms with E-state index in [0.29, 0.717) is 28.2 Å². The van der Waals surface area contributed by atoms with E-state index >= 15 is 0 Å². The number of nitro groups is 1. The van der Waals surface area contributed by atoms with E-state index in [2.05, 4.69) is 4.98 Å². The quantitative estimate of drug-likeness (QED) is 0.406. The van der Waals surface area contributed by atoms with Crippen LogP contribution in [0.1, 0.15) is 31.3 Å². The normalized spacial score (nSPS) is 12.5. The Balaban J connectivity index is 1.98. The second-order valence-electron chi connectivity index (χ2n) is 5.53. The summed E-state index contributed by atoms with van der Waals surface area (Å²) in [5.41, 5.74) is 1.32. The molecule has 1 aliphatic rings. The molecular weight excluding hydrogens is 356 g/mol. The van der Waals surface area contributed by atoms with Crippen LogP contribution >= 0.6 is 11.3 Å². The Bertz CT molecular complexity index is 1100. The summed E-state index contributed by atoms with van der Waals surface area (Å²) >= 11 is 0.704. The van der Waals surface area contributed by atoms with E-state index < -0.39 is 16.5 Å². The van der Waals surface area contributed by atoms with Gasteiger partial charge in [0.05, 0.1) is 28.0 Å². The first-order valence-electron chi connectivity index (χ1n) is 7.53. The molecule has 0 amide bonds. The maximum absolute atomic E-state index is 13.0. The zero-order chi connectivity index (χ0) is 18.4. The first-order chi connectivity index (χ1) is 12.5. The summed E-state index contributed by atoms with van der Waals surface area (Å²) < 4.78 is 5.35. The number of carbonyl (C=O) groups excluding carboxylic acids is 2. The van der Waals surface area contributed by atoms with Crippen LogP contribution < -0.4 is 4.74 Å². The first-order valence-corrected chi connectivity index (χ1v) is 8.34. The van der Waals surface area contributed by atoms with Crippen LogP contribution in [0.4, 0.5) is 5.00 Å². The van der Waals surface area contributed by atoms with Crippen molar-refractivity contribution in [3.63, 3.8) is 0 Å². The topological polar surface area (TPSA) is 99.4 Å². The van der Waals surface area contributed by atoms with Crippen molar-refractivity contribution in [2.24, 2.45) is 0 Å². The summed E-state index contributed by atoms with van der Waals surface area (Å²) in [5.74, 6) is -0.387. The zero-order valence-corrected chi connectivity index (χ0v) is 14.2. The average Bonchev–Trinajstić information content (AvgIpc) is 3.12. The van der Waals surface area contributed by atoms with Crippen LogP contribution in [0.25, 0.3) is 11.1 Å². The van der Waals surface area contributed by atoms with Gasteiger partial charge in [-0.2, -0.15) is 0 Å². The molecule has 4 rings (SSSR count). The molecule has 0 saturated heterocycles. The first kappa shape index (κ1) is 16.1. The number of para-hydroxylation sites is 1. The third-order valence-corrected chi connectivity index (χ3v) is 5.23. The third-order valence-electron chi connectivity index (χ3n) is 4.14. The molecule has 7 nitrogen and oxygen atoms in total. The SMILES string of the molecule is COc1ccccc1-c1ccnc2c1C(=O)c1sc([N+](=O)[O-])cc1C2=O. The number of carbonyl (C=O) groups is 2. The number of hydrogen-bond acceptors (Lipinski definition) is 7. The van der Waals surface area contributed by atoms with E-state index in [4.69, 9.17) is 4.74 Å². The minimum atomic E-state index is -0.608. The van der Waals surface area contributed by atoms with E-state index in [-0.39, 0.29) is 26.7 Å². The number of rotatable bonds is 3. The fourth-order valence-corrected chi connectivity index (χ4v) is 3.92. The van der Waals surface area contributed by atoms with Crippen molar-refractivity contribution in [1.82, 2.24) is 4.98 Å². The highest BCUT2D eigenvalue weighted by molar-refractivity contribution is 7.18. The Hall–Kier alpha value is -3.39. The summed E-state index contributed by atoms with van der Waals surface area (Å²) in [7, 11) is 1.51. The second kappa shape index (κ2) is 5.85. The molecule has 1 aromatic carbocycles. The Kier molecular flexibility index (Phi) is 3.62. The molecule has 0 unspecified atom stereocenters. The van der Waals surface area contributed by atoms with Crippen LogP contribution in [0.3, 0.4) is 0 Å². The summed E-state index contributed by atoms with van der Waals surface area (Å²) in [5, 5.41) is 10.8. The number of aromatic nitrogens is 1. The maximum Gasteiger partial charge on any atom is 0.325 e. The fraction of sp³-hybridized carbons (Fsp3) is 0.0556. The highest BCUT2D eigenvalue weighted by Gasteiger charge is 2.37. The highest BCUT2D eigenvalue weighted by Crippen LogP contribution is 2.41. The molecule has 0 N–H and O–H groups in total. The molecule has 2 heterocycles. The number of thiophene rings is 1. The molecule has 26 heavy (non-hydrogen) atoms. The molecule has 128 valence electrons. The number of methoxy groups -OCH3 is 1. The molecule has 0 radical (unpaired) electrons. The number of ether oxygens (including phenoxy) is 1. The Labute approximate surface area is 151 Å². The van der Waals surface area contributed by atoms with E-state index in [1.54, 1.807) is 30.3 Å². The maximum atomic E-state index is 13.0. The molecule has 1 aliphatic carbocycles. The summed E-state index contributed by atoms with van der Waals surface area (Å²) in [6.45, 7) is 0. The predicted octanol–water partition coefficient (Wildman–Crippen LogP) is 3.50. The van der Waals surface area contributed by atoms with Crippen molar-refractivity contribution in [2.75, 3.05) is 7.11 Å². The van der Waals surface area contributed by atoms with Gasteiger partial charge in [0.25, 0.3) is 0 Å². The van der Waals surface area contributed by atoms with Crippen molar-refractivity contribution < 1.29 is 19.2 Å². The van der Waals surface area contributed by atoms with Gasteiger partial charge in [0, 0.05) is 23.4 Å². The predicted molar refractivity (Wildman–Crippen MR) is 94.1 cm³/mol. The summed E-state index contributed by atoms with van der Waals surface area (Å²) in [4.78, 5) is 40.4. The van der Waals surface area contributed by atoms with Crippen molar-refractivity contribution in [3.05, 3.63) is 74.4 Å². The number of fused-ring (bicyclic) bond motifs is 2. The van der Waals surface area contributed by atoms with Gasteiger partial charge in [-0.3, -0.25) is 24.7 Å².